The number of amides is 2. The zero-order chi connectivity index (χ0) is 29.4. The number of hydrogen-bond donors (Lipinski definition) is 2. The molecular formula is C33H42N6O3S. The number of ether oxygens (including phenoxy) is 1. The number of pyridine rings is 2. The molecule has 5 fully saturated rings. The van der Waals surface area contributed by atoms with Crippen molar-refractivity contribution in [1.29, 1.82) is 0 Å². The molecule has 2 aromatic rings. The third-order valence-electron chi connectivity index (χ3n) is 11.4. The SMILES string of the molecule is CC1(C)CC2CCCNc3cccc(n3)SNC(=O)c3ccc(N4CCC(OCCC5C6(CC6)C56CC6)C4=O)nc3N1C2. The molecule has 2 aromatic heterocycles. The first-order valence-corrected chi connectivity index (χ1v) is 17.0. The van der Waals surface area contributed by atoms with Crippen LogP contribution in [-0.2, 0) is 9.53 Å². The Morgan fingerprint density at radius 3 is 2.65 bits per heavy atom. The molecule has 0 aromatic carbocycles. The van der Waals surface area contributed by atoms with Gasteiger partial charge in [-0.1, -0.05) is 6.07 Å². The Morgan fingerprint density at radius 1 is 1.05 bits per heavy atom. The van der Waals surface area contributed by atoms with Crippen LogP contribution in [0.15, 0.2) is 35.4 Å². The molecule has 43 heavy (non-hydrogen) atoms. The van der Waals surface area contributed by atoms with E-state index in [1.807, 2.05) is 30.3 Å². The number of carbonyl (C=O) groups excluding carboxylic acids is 2. The summed E-state index contributed by atoms with van der Waals surface area (Å²) in [4.78, 5) is 40.9. The van der Waals surface area contributed by atoms with Crippen LogP contribution in [0.3, 0.4) is 0 Å². The van der Waals surface area contributed by atoms with Crippen LogP contribution in [0.4, 0.5) is 17.5 Å². The van der Waals surface area contributed by atoms with Gasteiger partial charge in [-0.3, -0.25) is 19.2 Å². The summed E-state index contributed by atoms with van der Waals surface area (Å²) in [7, 11) is 0. The predicted octanol–water partition coefficient (Wildman–Crippen LogP) is 5.43. The van der Waals surface area contributed by atoms with E-state index < -0.39 is 6.10 Å². The molecule has 9 nitrogen and oxygen atoms in total. The highest BCUT2D eigenvalue weighted by Crippen LogP contribution is 2.93. The first kappa shape index (κ1) is 27.7. The summed E-state index contributed by atoms with van der Waals surface area (Å²) in [6.07, 6.45) is 10.1. The highest BCUT2D eigenvalue weighted by atomic mass is 32.2. The lowest BCUT2D eigenvalue weighted by molar-refractivity contribution is -0.127. The Balaban J connectivity index is 1.02. The lowest BCUT2D eigenvalue weighted by Gasteiger charge is -2.34. The van der Waals surface area contributed by atoms with Crippen LogP contribution < -0.4 is 19.8 Å². The molecule has 6 aliphatic rings. The van der Waals surface area contributed by atoms with Crippen LogP contribution in [0.1, 0.15) is 82.0 Å². The van der Waals surface area contributed by atoms with E-state index in [-0.39, 0.29) is 17.4 Å². The largest absolute Gasteiger partial charge is 0.370 e. The van der Waals surface area contributed by atoms with Crippen LogP contribution in [0.5, 0.6) is 0 Å². The summed E-state index contributed by atoms with van der Waals surface area (Å²) in [5, 5.41) is 4.15. The van der Waals surface area contributed by atoms with E-state index in [2.05, 4.69) is 33.8 Å². The minimum Gasteiger partial charge on any atom is -0.370 e. The zero-order valence-electron chi connectivity index (χ0n) is 25.2. The van der Waals surface area contributed by atoms with E-state index in [9.17, 15) is 9.59 Å². The van der Waals surface area contributed by atoms with Crippen molar-refractivity contribution in [3.63, 3.8) is 0 Å². The minimum atomic E-state index is -0.410. The Morgan fingerprint density at radius 2 is 1.86 bits per heavy atom. The maximum atomic E-state index is 13.6. The van der Waals surface area contributed by atoms with Crippen molar-refractivity contribution < 1.29 is 14.3 Å². The first-order chi connectivity index (χ1) is 20.8. The molecule has 10 heteroatoms. The van der Waals surface area contributed by atoms with Crippen molar-refractivity contribution in [2.75, 3.05) is 41.4 Å². The van der Waals surface area contributed by atoms with Crippen molar-refractivity contribution in [3.8, 4) is 0 Å². The molecule has 2 N–H and O–H groups in total. The summed E-state index contributed by atoms with van der Waals surface area (Å²) >= 11 is 1.21. The fourth-order valence-electron chi connectivity index (χ4n) is 8.97. The van der Waals surface area contributed by atoms with E-state index >= 15 is 0 Å². The highest BCUT2D eigenvalue weighted by Gasteiger charge is 2.85. The van der Waals surface area contributed by atoms with E-state index in [1.165, 1.54) is 37.6 Å². The van der Waals surface area contributed by atoms with Gasteiger partial charge in [-0.25, -0.2) is 9.97 Å². The van der Waals surface area contributed by atoms with E-state index in [4.69, 9.17) is 9.72 Å². The monoisotopic (exact) mass is 602 g/mol. The standard InChI is InChI=1S/C33H42N6O3S/c1-31(2)19-21-5-4-16-34-25-6-3-7-27(35-25)43-37-29(40)22-8-9-26(36-28(22)39(31)20-21)38-17-10-23(30(38)41)42-18-11-24-32(12-13-32)33(24)14-15-33/h3,6-9,21,23-24H,4-5,10-20H2,1-2H3,(H,34,35)(H,37,40). The summed E-state index contributed by atoms with van der Waals surface area (Å²) in [6, 6.07) is 9.45. The molecule has 3 aliphatic heterocycles. The lowest BCUT2D eigenvalue weighted by atomic mass is 9.93. The van der Waals surface area contributed by atoms with E-state index in [1.54, 1.807) is 4.90 Å². The Kier molecular flexibility index (Phi) is 6.50. The van der Waals surface area contributed by atoms with Crippen molar-refractivity contribution in [3.05, 3.63) is 35.9 Å². The number of aromatic nitrogens is 2. The lowest BCUT2D eigenvalue weighted by Crippen LogP contribution is -2.40. The molecule has 2 amide bonds. The fourth-order valence-corrected chi connectivity index (χ4v) is 9.57. The van der Waals surface area contributed by atoms with Gasteiger partial charge in [-0.15, -0.1) is 0 Å². The highest BCUT2D eigenvalue weighted by molar-refractivity contribution is 7.97. The molecule has 5 heterocycles. The van der Waals surface area contributed by atoms with Crippen LogP contribution in [0.25, 0.3) is 0 Å². The van der Waals surface area contributed by atoms with Gasteiger partial charge in [0, 0.05) is 50.1 Å². The molecule has 2 spiro atoms. The van der Waals surface area contributed by atoms with Crippen LogP contribution >= 0.6 is 11.9 Å². The molecule has 2 saturated heterocycles. The molecule has 8 rings (SSSR count). The summed E-state index contributed by atoms with van der Waals surface area (Å²) in [5.41, 5.74) is 1.69. The summed E-state index contributed by atoms with van der Waals surface area (Å²) < 4.78 is 9.19. The third kappa shape index (κ3) is 4.71. The van der Waals surface area contributed by atoms with E-state index in [0.717, 1.165) is 55.5 Å². The Bertz CT molecular complexity index is 1440. The van der Waals surface area contributed by atoms with Crippen LogP contribution in [-0.4, -0.2) is 59.7 Å². The number of hydrogen-bond acceptors (Lipinski definition) is 8. The average molecular weight is 603 g/mol. The molecule has 3 aliphatic carbocycles. The van der Waals surface area contributed by atoms with Gasteiger partial charge in [0.2, 0.25) is 0 Å². The molecule has 4 bridgehead atoms. The van der Waals surface area contributed by atoms with Gasteiger partial charge in [0.25, 0.3) is 11.8 Å². The topological polar surface area (TPSA) is 99.7 Å². The zero-order valence-corrected chi connectivity index (χ0v) is 26.0. The van der Waals surface area contributed by atoms with Crippen LogP contribution in [0.2, 0.25) is 0 Å². The Labute approximate surface area is 258 Å². The van der Waals surface area contributed by atoms with Gasteiger partial charge in [0.15, 0.2) is 0 Å². The van der Waals surface area contributed by atoms with E-state index in [0.29, 0.717) is 53.5 Å². The van der Waals surface area contributed by atoms with Gasteiger partial charge in [0.1, 0.15) is 28.6 Å². The number of nitrogens with zero attached hydrogens (tertiary/aromatic N) is 4. The maximum Gasteiger partial charge on any atom is 0.265 e. The predicted molar refractivity (Wildman–Crippen MR) is 167 cm³/mol. The second kappa shape index (κ2) is 10.1. The van der Waals surface area contributed by atoms with Gasteiger partial charge >= 0.3 is 0 Å². The van der Waals surface area contributed by atoms with Crippen molar-refractivity contribution in [2.24, 2.45) is 22.7 Å². The van der Waals surface area contributed by atoms with Gasteiger partial charge in [0.05, 0.1) is 5.56 Å². The number of rotatable bonds is 5. The molecule has 228 valence electrons. The van der Waals surface area contributed by atoms with Crippen molar-refractivity contribution in [1.82, 2.24) is 14.7 Å². The maximum absolute atomic E-state index is 13.6. The van der Waals surface area contributed by atoms with Crippen LogP contribution in [0, 0.1) is 22.7 Å². The van der Waals surface area contributed by atoms with Crippen molar-refractivity contribution >= 4 is 41.2 Å². The minimum absolute atomic E-state index is 0.0142. The number of nitrogens with one attached hydrogen (secondary N) is 2. The fraction of sp³-hybridized carbons (Fsp3) is 0.636. The molecule has 0 radical (unpaired) electrons. The normalized spacial score (nSPS) is 28.2. The second-order valence-electron chi connectivity index (χ2n) is 14.3. The molecule has 2 atom stereocenters. The third-order valence-corrected chi connectivity index (χ3v) is 12.1. The molecule has 2 unspecified atom stereocenters. The smallest absolute Gasteiger partial charge is 0.265 e. The molecule has 3 saturated carbocycles. The summed E-state index contributed by atoms with van der Waals surface area (Å²) in [6.45, 7) is 7.39. The van der Waals surface area contributed by atoms with Crippen molar-refractivity contribution in [2.45, 2.75) is 88.3 Å². The average Bonchev–Trinajstić information content (AvgIpc) is 3.95. The quantitative estimate of drug-likeness (QED) is 0.438. The Hall–Kier alpha value is -2.85. The van der Waals surface area contributed by atoms with Gasteiger partial charge in [-0.2, -0.15) is 0 Å². The van der Waals surface area contributed by atoms with Gasteiger partial charge in [-0.05, 0) is 112 Å². The summed E-state index contributed by atoms with van der Waals surface area (Å²) in [5.74, 6) is 3.15. The number of fused-ring (bicyclic) bond motifs is 7. The molecular weight excluding hydrogens is 560 g/mol. The first-order valence-electron chi connectivity index (χ1n) is 16.2. The van der Waals surface area contributed by atoms with Gasteiger partial charge < -0.3 is 15.0 Å². The number of anilines is 3. The number of carbonyl (C=O) groups is 2. The second-order valence-corrected chi connectivity index (χ2v) is 15.1.